The van der Waals surface area contributed by atoms with Crippen molar-refractivity contribution in [3.05, 3.63) is 42.0 Å². The summed E-state index contributed by atoms with van der Waals surface area (Å²) in [6.45, 7) is -0.167. The first-order valence-electron chi connectivity index (χ1n) is 8.98. The van der Waals surface area contributed by atoms with Crippen LogP contribution in [0.3, 0.4) is 0 Å². The van der Waals surface area contributed by atoms with Crippen molar-refractivity contribution in [3.8, 4) is 5.75 Å². The smallest absolute Gasteiger partial charge is 0.343 e. The fourth-order valence-corrected chi connectivity index (χ4v) is 4.15. The highest BCUT2D eigenvalue weighted by Crippen LogP contribution is 2.49. The molecule has 1 heterocycles. The largest absolute Gasteiger partial charge is 0.482 e. The summed E-state index contributed by atoms with van der Waals surface area (Å²) >= 11 is 0. The lowest BCUT2D eigenvalue weighted by molar-refractivity contribution is -0.143. The molecule has 2 amide bonds. The molecule has 1 aromatic carbocycles. The summed E-state index contributed by atoms with van der Waals surface area (Å²) < 4.78 is 9.79. The molecule has 0 aromatic heterocycles. The summed E-state index contributed by atoms with van der Waals surface area (Å²) in [6, 6.07) is 6.84. The molecule has 0 N–H and O–H groups in total. The van der Waals surface area contributed by atoms with Gasteiger partial charge in [-0.05, 0) is 54.5 Å². The van der Waals surface area contributed by atoms with Crippen LogP contribution in [-0.4, -0.2) is 42.7 Å². The number of ether oxygens (including phenoxy) is 2. The molecule has 4 atom stereocenters. The Morgan fingerprint density at radius 1 is 1.11 bits per heavy atom. The van der Waals surface area contributed by atoms with Crippen molar-refractivity contribution in [3.63, 3.8) is 0 Å². The lowest BCUT2D eigenvalue weighted by atomic mass is 9.63. The van der Waals surface area contributed by atoms with Gasteiger partial charge in [-0.1, -0.05) is 12.2 Å². The molecule has 2 bridgehead atoms. The van der Waals surface area contributed by atoms with Gasteiger partial charge in [0, 0.05) is 0 Å². The number of fused-ring (bicyclic) bond motifs is 1. The molecular formula is C20H20N2O5. The molecule has 0 spiro atoms. The number of benzene rings is 1. The maximum Gasteiger partial charge on any atom is 0.343 e. The number of allylic oxidation sites excluding steroid dienone is 2. The Kier molecular flexibility index (Phi) is 4.51. The zero-order valence-corrected chi connectivity index (χ0v) is 14.9. The Bertz CT molecular complexity index is 797. The van der Waals surface area contributed by atoms with E-state index in [1.54, 1.807) is 24.3 Å². The highest BCUT2D eigenvalue weighted by atomic mass is 16.6. The van der Waals surface area contributed by atoms with Crippen molar-refractivity contribution in [2.75, 3.05) is 13.7 Å². The van der Waals surface area contributed by atoms with Crippen molar-refractivity contribution in [1.82, 2.24) is 5.01 Å². The molecule has 1 aromatic rings. The molecule has 5 rings (SSSR count). The lowest BCUT2D eigenvalue weighted by Gasteiger charge is -2.37. The maximum atomic E-state index is 12.7. The van der Waals surface area contributed by atoms with Crippen molar-refractivity contribution in [2.45, 2.75) is 12.8 Å². The SMILES string of the molecule is COC(=O)COc1ccc(/C=N\N2C(=O)[C@@H]3[C@@H](C2=O)[C@H]2C=C[C@H]3CC2)cc1. The van der Waals surface area contributed by atoms with Crippen LogP contribution < -0.4 is 4.74 Å². The van der Waals surface area contributed by atoms with Crippen LogP contribution in [0.5, 0.6) is 5.75 Å². The van der Waals surface area contributed by atoms with Gasteiger partial charge in [0.2, 0.25) is 0 Å². The van der Waals surface area contributed by atoms with Gasteiger partial charge in [0.05, 0.1) is 25.2 Å². The van der Waals surface area contributed by atoms with Gasteiger partial charge >= 0.3 is 5.97 Å². The Balaban J connectivity index is 1.43. The average molecular weight is 368 g/mol. The number of hydrogen-bond donors (Lipinski definition) is 0. The second kappa shape index (κ2) is 6.98. The number of carbonyl (C=O) groups is 3. The van der Waals surface area contributed by atoms with Gasteiger partial charge in [0.1, 0.15) is 5.75 Å². The highest BCUT2D eigenvalue weighted by molar-refractivity contribution is 6.06. The molecule has 3 aliphatic carbocycles. The fraction of sp³-hybridized carbons (Fsp3) is 0.400. The van der Waals surface area contributed by atoms with Crippen LogP contribution in [0.2, 0.25) is 0 Å². The van der Waals surface area contributed by atoms with E-state index >= 15 is 0 Å². The second-order valence-electron chi connectivity index (χ2n) is 7.01. The summed E-state index contributed by atoms with van der Waals surface area (Å²) in [5, 5.41) is 5.20. The van der Waals surface area contributed by atoms with Crippen molar-refractivity contribution in [2.24, 2.45) is 28.8 Å². The van der Waals surface area contributed by atoms with Gasteiger partial charge in [-0.15, -0.1) is 0 Å². The molecule has 2 fully saturated rings. The van der Waals surface area contributed by atoms with E-state index in [-0.39, 0.29) is 42.1 Å². The molecule has 27 heavy (non-hydrogen) atoms. The van der Waals surface area contributed by atoms with Gasteiger partial charge in [-0.3, -0.25) is 9.59 Å². The Hall–Kier alpha value is -2.96. The number of hydrazone groups is 1. The minimum atomic E-state index is -0.461. The van der Waals surface area contributed by atoms with Crippen LogP contribution in [0, 0.1) is 23.7 Å². The Morgan fingerprint density at radius 3 is 2.22 bits per heavy atom. The first-order valence-corrected chi connectivity index (χ1v) is 8.98. The normalized spacial score (nSPS) is 28.7. The highest BCUT2D eigenvalue weighted by Gasteiger charge is 2.56. The van der Waals surface area contributed by atoms with E-state index in [2.05, 4.69) is 22.0 Å². The third-order valence-corrected chi connectivity index (χ3v) is 5.52. The van der Waals surface area contributed by atoms with Crippen LogP contribution in [0.4, 0.5) is 0 Å². The van der Waals surface area contributed by atoms with Gasteiger partial charge in [-0.2, -0.15) is 10.1 Å². The summed E-state index contributed by atoms with van der Waals surface area (Å²) in [5.41, 5.74) is 0.719. The quantitative estimate of drug-likeness (QED) is 0.342. The second-order valence-corrected chi connectivity index (χ2v) is 7.01. The molecule has 4 aliphatic rings. The predicted octanol–water partition coefficient (Wildman–Crippen LogP) is 1.77. The summed E-state index contributed by atoms with van der Waals surface area (Å²) in [7, 11) is 1.30. The number of rotatable bonds is 5. The van der Waals surface area contributed by atoms with E-state index in [1.807, 2.05) is 0 Å². The fourth-order valence-electron chi connectivity index (χ4n) is 4.15. The first-order chi connectivity index (χ1) is 13.1. The van der Waals surface area contributed by atoms with E-state index in [0.717, 1.165) is 23.4 Å². The van der Waals surface area contributed by atoms with Crippen molar-refractivity contribution in [1.29, 1.82) is 0 Å². The van der Waals surface area contributed by atoms with E-state index in [4.69, 9.17) is 4.74 Å². The maximum absolute atomic E-state index is 12.7. The number of hydrogen-bond acceptors (Lipinski definition) is 6. The van der Waals surface area contributed by atoms with Crippen molar-refractivity contribution >= 4 is 24.0 Å². The van der Waals surface area contributed by atoms with Gasteiger partial charge in [0.15, 0.2) is 6.61 Å². The number of amides is 2. The van der Waals surface area contributed by atoms with Crippen LogP contribution in [-0.2, 0) is 19.1 Å². The minimum Gasteiger partial charge on any atom is -0.482 e. The number of carbonyl (C=O) groups excluding carboxylic acids is 3. The van der Waals surface area contributed by atoms with Crippen LogP contribution >= 0.6 is 0 Å². The first kappa shape index (κ1) is 17.5. The predicted molar refractivity (Wildman–Crippen MR) is 95.7 cm³/mol. The standard InChI is InChI=1S/C20H20N2O5/c1-26-16(23)11-27-15-8-2-12(3-9-15)10-21-22-19(24)17-13-4-5-14(7-6-13)18(17)20(22)25/h2-5,8-10,13-14,17-18H,6-7,11H2,1H3/b21-10-/t13-,14-,17-,18-/m0/s1. The van der Waals surface area contributed by atoms with Crippen LogP contribution in [0.1, 0.15) is 18.4 Å². The van der Waals surface area contributed by atoms with Crippen LogP contribution in [0.25, 0.3) is 0 Å². The number of methoxy groups -OCH3 is 1. The van der Waals surface area contributed by atoms with Gasteiger partial charge in [-0.25, -0.2) is 4.79 Å². The summed E-state index contributed by atoms with van der Waals surface area (Å²) in [5.74, 6) is -0.543. The number of nitrogens with zero attached hydrogens (tertiary/aromatic N) is 2. The number of esters is 1. The molecule has 1 saturated carbocycles. The molecule has 1 aliphatic heterocycles. The zero-order chi connectivity index (χ0) is 19.0. The third kappa shape index (κ3) is 3.13. The molecule has 1 saturated heterocycles. The monoisotopic (exact) mass is 368 g/mol. The average Bonchev–Trinajstić information content (AvgIpc) is 2.98. The van der Waals surface area contributed by atoms with Crippen LogP contribution in [0.15, 0.2) is 41.5 Å². The third-order valence-electron chi connectivity index (χ3n) is 5.52. The Morgan fingerprint density at radius 2 is 1.70 bits per heavy atom. The van der Waals surface area contributed by atoms with E-state index in [1.165, 1.54) is 13.3 Å². The number of imide groups is 1. The molecule has 0 radical (unpaired) electrons. The summed E-state index contributed by atoms with van der Waals surface area (Å²) in [6.07, 6.45) is 7.59. The molecular weight excluding hydrogens is 348 g/mol. The molecule has 0 unspecified atom stereocenters. The molecule has 7 heteroatoms. The van der Waals surface area contributed by atoms with E-state index in [0.29, 0.717) is 5.75 Å². The minimum absolute atomic E-state index is 0.155. The van der Waals surface area contributed by atoms with Gasteiger partial charge < -0.3 is 9.47 Å². The van der Waals surface area contributed by atoms with Gasteiger partial charge in [0.25, 0.3) is 11.8 Å². The zero-order valence-electron chi connectivity index (χ0n) is 14.9. The Labute approximate surface area is 156 Å². The molecule has 140 valence electrons. The molecule has 7 nitrogen and oxygen atoms in total. The van der Waals surface area contributed by atoms with E-state index < -0.39 is 5.97 Å². The topological polar surface area (TPSA) is 85.3 Å². The van der Waals surface area contributed by atoms with Crippen molar-refractivity contribution < 1.29 is 23.9 Å². The lowest BCUT2D eigenvalue weighted by Crippen LogP contribution is -2.38. The van der Waals surface area contributed by atoms with E-state index in [9.17, 15) is 14.4 Å². The summed E-state index contributed by atoms with van der Waals surface area (Å²) in [4.78, 5) is 36.5.